The van der Waals surface area contributed by atoms with E-state index in [4.69, 9.17) is 14.2 Å². The highest BCUT2D eigenvalue weighted by Gasteiger charge is 2.09. The molecule has 0 unspecified atom stereocenters. The summed E-state index contributed by atoms with van der Waals surface area (Å²) in [4.78, 5) is 17.0. The second-order valence-corrected chi connectivity index (χ2v) is 9.09. The van der Waals surface area contributed by atoms with Crippen molar-refractivity contribution in [3.63, 3.8) is 0 Å². The molecule has 4 rings (SSSR count). The fourth-order valence-corrected chi connectivity index (χ4v) is 4.12. The van der Waals surface area contributed by atoms with Crippen LogP contribution < -0.4 is 19.5 Å². The minimum atomic E-state index is -0.264. The maximum absolute atomic E-state index is 12.5. The Bertz CT molecular complexity index is 1310. The molecular formula is C29H28N2O4S. The van der Waals surface area contributed by atoms with Crippen LogP contribution in [0.3, 0.4) is 0 Å². The molecule has 6 nitrogen and oxygen atoms in total. The van der Waals surface area contributed by atoms with Crippen LogP contribution in [-0.2, 0) is 11.4 Å². The van der Waals surface area contributed by atoms with E-state index in [1.54, 1.807) is 13.2 Å². The summed E-state index contributed by atoms with van der Waals surface area (Å²) in [6, 6.07) is 23.2. The summed E-state index contributed by atoms with van der Waals surface area (Å²) in [6.07, 6.45) is 3.32. The average molecular weight is 501 g/mol. The Balaban J connectivity index is 1.34. The predicted octanol–water partition coefficient (Wildman–Crippen LogP) is 6.84. The molecule has 184 valence electrons. The number of aromatic nitrogens is 1. The standard InChI is InChI=1S/C29H28N2O4S/c1-20(2)35-24-13-11-23(12-14-24)25-19-36-29(30-25)31-28(32)16-10-21-9-15-26(27(17-21)33-3)34-18-22-7-5-4-6-8-22/h4-17,19-20H,18H2,1-3H3,(H,30,31,32)/b16-10+. The van der Waals surface area contributed by atoms with Crippen LogP contribution in [0.4, 0.5) is 5.13 Å². The summed E-state index contributed by atoms with van der Waals surface area (Å²) in [5, 5.41) is 5.26. The lowest BCUT2D eigenvalue weighted by Gasteiger charge is -2.11. The topological polar surface area (TPSA) is 69.7 Å². The molecule has 1 aromatic heterocycles. The Kier molecular flexibility index (Phi) is 8.36. The fraction of sp³-hybridized carbons (Fsp3) is 0.172. The number of nitrogens with zero attached hydrogens (tertiary/aromatic N) is 1. The van der Waals surface area contributed by atoms with E-state index < -0.39 is 0 Å². The Hall–Kier alpha value is -4.10. The second-order valence-electron chi connectivity index (χ2n) is 8.24. The lowest BCUT2D eigenvalue weighted by Crippen LogP contribution is -2.07. The fourth-order valence-electron chi connectivity index (χ4n) is 3.40. The van der Waals surface area contributed by atoms with Crippen LogP contribution in [0.25, 0.3) is 17.3 Å². The molecule has 0 saturated carbocycles. The van der Waals surface area contributed by atoms with Gasteiger partial charge in [-0.3, -0.25) is 10.1 Å². The number of ether oxygens (including phenoxy) is 3. The SMILES string of the molecule is COc1cc(/C=C/C(=O)Nc2nc(-c3ccc(OC(C)C)cc3)cs2)ccc1OCc1ccccc1. The number of nitrogens with one attached hydrogen (secondary N) is 1. The van der Waals surface area contributed by atoms with Gasteiger partial charge in [-0.2, -0.15) is 0 Å². The predicted molar refractivity (Wildman–Crippen MR) is 145 cm³/mol. The summed E-state index contributed by atoms with van der Waals surface area (Å²) in [6.45, 7) is 4.43. The normalized spacial score (nSPS) is 11.0. The highest BCUT2D eigenvalue weighted by atomic mass is 32.1. The van der Waals surface area contributed by atoms with Crippen molar-refractivity contribution in [2.24, 2.45) is 0 Å². The lowest BCUT2D eigenvalue weighted by molar-refractivity contribution is -0.111. The Morgan fingerprint density at radius 1 is 1.03 bits per heavy atom. The summed E-state index contributed by atoms with van der Waals surface area (Å²) in [7, 11) is 1.59. The highest BCUT2D eigenvalue weighted by Crippen LogP contribution is 2.30. The number of amides is 1. The van der Waals surface area contributed by atoms with Gasteiger partial charge in [-0.25, -0.2) is 4.98 Å². The first-order valence-electron chi connectivity index (χ1n) is 11.6. The molecular weight excluding hydrogens is 472 g/mol. The molecule has 0 spiro atoms. The Labute approximate surface area is 215 Å². The van der Waals surface area contributed by atoms with Crippen molar-refractivity contribution < 1.29 is 19.0 Å². The van der Waals surface area contributed by atoms with Crippen molar-refractivity contribution in [3.8, 4) is 28.5 Å². The first-order chi connectivity index (χ1) is 17.5. The van der Waals surface area contributed by atoms with Gasteiger partial charge < -0.3 is 14.2 Å². The molecule has 0 atom stereocenters. The number of anilines is 1. The minimum Gasteiger partial charge on any atom is -0.493 e. The molecule has 0 aliphatic carbocycles. The van der Waals surface area contributed by atoms with Gasteiger partial charge >= 0.3 is 0 Å². The lowest BCUT2D eigenvalue weighted by atomic mass is 10.2. The second kappa shape index (κ2) is 12.0. The number of carbonyl (C=O) groups is 1. The maximum atomic E-state index is 12.5. The number of hydrogen-bond acceptors (Lipinski definition) is 6. The molecule has 0 aliphatic rings. The summed E-state index contributed by atoms with van der Waals surface area (Å²) >= 11 is 1.38. The highest BCUT2D eigenvalue weighted by molar-refractivity contribution is 7.14. The van der Waals surface area contributed by atoms with Crippen molar-refractivity contribution in [2.75, 3.05) is 12.4 Å². The van der Waals surface area contributed by atoms with E-state index >= 15 is 0 Å². The van der Waals surface area contributed by atoms with Crippen LogP contribution in [-0.4, -0.2) is 24.1 Å². The zero-order valence-corrected chi connectivity index (χ0v) is 21.2. The van der Waals surface area contributed by atoms with E-state index in [2.05, 4.69) is 10.3 Å². The molecule has 0 fully saturated rings. The van der Waals surface area contributed by atoms with Crippen LogP contribution in [0, 0.1) is 0 Å². The van der Waals surface area contributed by atoms with Crippen molar-refractivity contribution in [1.82, 2.24) is 4.98 Å². The van der Waals surface area contributed by atoms with E-state index in [9.17, 15) is 4.79 Å². The van der Waals surface area contributed by atoms with E-state index in [-0.39, 0.29) is 12.0 Å². The molecule has 0 radical (unpaired) electrons. The molecule has 3 aromatic carbocycles. The van der Waals surface area contributed by atoms with Gasteiger partial charge in [-0.1, -0.05) is 36.4 Å². The number of carbonyl (C=O) groups excluding carboxylic acids is 1. The van der Waals surface area contributed by atoms with Gasteiger partial charge in [0.25, 0.3) is 0 Å². The number of benzene rings is 3. The van der Waals surface area contributed by atoms with Gasteiger partial charge in [-0.05, 0) is 67.4 Å². The molecule has 1 N–H and O–H groups in total. The van der Waals surface area contributed by atoms with Crippen LogP contribution in [0.2, 0.25) is 0 Å². The monoisotopic (exact) mass is 500 g/mol. The van der Waals surface area contributed by atoms with Gasteiger partial charge in [0.2, 0.25) is 5.91 Å². The Morgan fingerprint density at radius 3 is 2.53 bits per heavy atom. The largest absolute Gasteiger partial charge is 0.493 e. The van der Waals surface area contributed by atoms with Crippen molar-refractivity contribution in [1.29, 1.82) is 0 Å². The third-order valence-corrected chi connectivity index (χ3v) is 5.87. The third kappa shape index (κ3) is 6.96. The van der Waals surface area contributed by atoms with E-state index in [1.807, 2.05) is 92.0 Å². The molecule has 0 aliphatic heterocycles. The van der Waals surface area contributed by atoms with E-state index in [1.165, 1.54) is 17.4 Å². The van der Waals surface area contributed by atoms with Gasteiger partial charge in [-0.15, -0.1) is 11.3 Å². The summed E-state index contributed by atoms with van der Waals surface area (Å²) in [5.41, 5.74) is 3.64. The minimum absolute atomic E-state index is 0.122. The number of hydrogen-bond donors (Lipinski definition) is 1. The Morgan fingerprint density at radius 2 is 1.81 bits per heavy atom. The van der Waals surface area contributed by atoms with Crippen molar-refractivity contribution in [3.05, 3.63) is 95.4 Å². The quantitative estimate of drug-likeness (QED) is 0.242. The summed E-state index contributed by atoms with van der Waals surface area (Å²) < 4.78 is 17.0. The van der Waals surface area contributed by atoms with E-state index in [0.29, 0.717) is 23.2 Å². The van der Waals surface area contributed by atoms with Crippen molar-refractivity contribution in [2.45, 2.75) is 26.6 Å². The molecule has 1 heterocycles. The summed E-state index contributed by atoms with van der Waals surface area (Å²) in [5.74, 6) is 1.79. The van der Waals surface area contributed by atoms with Gasteiger partial charge in [0, 0.05) is 17.0 Å². The van der Waals surface area contributed by atoms with E-state index in [0.717, 1.165) is 28.1 Å². The number of thiazole rings is 1. The smallest absolute Gasteiger partial charge is 0.250 e. The first-order valence-corrected chi connectivity index (χ1v) is 12.4. The zero-order chi connectivity index (χ0) is 25.3. The molecule has 0 bridgehead atoms. The van der Waals surface area contributed by atoms with Gasteiger partial charge in [0.15, 0.2) is 16.6 Å². The first kappa shape index (κ1) is 25.0. The molecule has 36 heavy (non-hydrogen) atoms. The molecule has 4 aromatic rings. The number of rotatable bonds is 10. The van der Waals surface area contributed by atoms with Crippen LogP contribution in [0.15, 0.2) is 84.3 Å². The maximum Gasteiger partial charge on any atom is 0.250 e. The third-order valence-electron chi connectivity index (χ3n) is 5.11. The average Bonchev–Trinajstić information content (AvgIpc) is 3.35. The molecule has 0 saturated heterocycles. The van der Waals surface area contributed by atoms with Crippen molar-refractivity contribution >= 4 is 28.5 Å². The zero-order valence-electron chi connectivity index (χ0n) is 20.4. The molecule has 1 amide bonds. The van der Waals surface area contributed by atoms with Crippen LogP contribution in [0.5, 0.6) is 17.2 Å². The van der Waals surface area contributed by atoms with Crippen LogP contribution in [0.1, 0.15) is 25.0 Å². The molecule has 7 heteroatoms. The van der Waals surface area contributed by atoms with Gasteiger partial charge in [0.05, 0.1) is 18.9 Å². The number of methoxy groups -OCH3 is 1. The van der Waals surface area contributed by atoms with Gasteiger partial charge in [0.1, 0.15) is 12.4 Å². The van der Waals surface area contributed by atoms with Crippen LogP contribution >= 0.6 is 11.3 Å².